The fourth-order valence-electron chi connectivity index (χ4n) is 2.41. The monoisotopic (exact) mass is 310 g/mol. The molecule has 0 N–H and O–H groups in total. The summed E-state index contributed by atoms with van der Waals surface area (Å²) in [5, 5.41) is 1.18. The van der Waals surface area contributed by atoms with E-state index < -0.39 is 0 Å². The lowest BCUT2D eigenvalue weighted by atomic mass is 10.00. The summed E-state index contributed by atoms with van der Waals surface area (Å²) in [4.78, 5) is 12.6. The van der Waals surface area contributed by atoms with Gasteiger partial charge in [-0.05, 0) is 31.9 Å². The summed E-state index contributed by atoms with van der Waals surface area (Å²) >= 11 is 3.73. The van der Waals surface area contributed by atoms with Gasteiger partial charge in [0.15, 0.2) is 0 Å². The van der Waals surface area contributed by atoms with Crippen molar-refractivity contribution in [2.75, 3.05) is 12.9 Å². The molecule has 2 atom stereocenters. The first-order valence-corrected chi connectivity index (χ1v) is 9.03. The lowest BCUT2D eigenvalue weighted by Gasteiger charge is -2.30. The molecule has 1 aliphatic carbocycles. The number of carbonyl (C=O) groups excluding carboxylic acids is 1. The van der Waals surface area contributed by atoms with E-state index in [2.05, 4.69) is 31.2 Å². The third-order valence-electron chi connectivity index (χ3n) is 3.59. The quantitative estimate of drug-likeness (QED) is 0.757. The predicted octanol–water partition coefficient (Wildman–Crippen LogP) is 4.30. The molecule has 1 saturated carbocycles. The van der Waals surface area contributed by atoms with Gasteiger partial charge in [-0.2, -0.15) is 0 Å². The van der Waals surface area contributed by atoms with Gasteiger partial charge in [-0.15, -0.1) is 23.5 Å². The molecular formula is C16H22O2S2. The minimum absolute atomic E-state index is 0.111. The first-order valence-electron chi connectivity index (χ1n) is 7.11. The van der Waals surface area contributed by atoms with Gasteiger partial charge in [0, 0.05) is 15.4 Å². The molecule has 0 aromatic heterocycles. The number of benzene rings is 1. The van der Waals surface area contributed by atoms with Crippen LogP contribution >= 0.6 is 23.5 Å². The smallest absolute Gasteiger partial charge is 0.315 e. The second kappa shape index (κ2) is 7.99. The highest BCUT2D eigenvalue weighted by atomic mass is 32.2. The van der Waals surface area contributed by atoms with Gasteiger partial charge in [0.2, 0.25) is 0 Å². The molecule has 0 radical (unpaired) electrons. The number of hydrogen-bond acceptors (Lipinski definition) is 4. The van der Waals surface area contributed by atoms with E-state index in [0.29, 0.717) is 16.3 Å². The van der Waals surface area contributed by atoms with E-state index in [1.807, 2.05) is 11.8 Å². The van der Waals surface area contributed by atoms with Crippen molar-refractivity contribution in [1.29, 1.82) is 0 Å². The van der Waals surface area contributed by atoms with Gasteiger partial charge in [-0.1, -0.05) is 30.5 Å². The maximum absolute atomic E-state index is 11.3. The fraction of sp³-hybridized carbons (Fsp3) is 0.562. The lowest BCUT2D eigenvalue weighted by Crippen LogP contribution is -2.25. The second-order valence-electron chi connectivity index (χ2n) is 5.18. The second-order valence-corrected chi connectivity index (χ2v) is 7.72. The van der Waals surface area contributed by atoms with Gasteiger partial charge in [0.25, 0.3) is 0 Å². The fourth-order valence-corrected chi connectivity index (χ4v) is 5.18. The number of methoxy groups -OCH3 is 1. The number of thioether (sulfide) groups is 2. The number of esters is 1. The minimum Gasteiger partial charge on any atom is -0.468 e. The molecule has 1 aromatic rings. The van der Waals surface area contributed by atoms with Crippen molar-refractivity contribution in [1.82, 2.24) is 0 Å². The summed E-state index contributed by atoms with van der Waals surface area (Å²) in [5.74, 6) is 0.367. The van der Waals surface area contributed by atoms with Crippen molar-refractivity contribution >= 4 is 29.5 Å². The molecule has 0 amide bonds. The van der Waals surface area contributed by atoms with Gasteiger partial charge in [-0.3, -0.25) is 4.79 Å². The summed E-state index contributed by atoms with van der Waals surface area (Å²) in [7, 11) is 1.46. The summed E-state index contributed by atoms with van der Waals surface area (Å²) in [6, 6.07) is 8.75. The average molecular weight is 310 g/mol. The summed E-state index contributed by atoms with van der Waals surface area (Å²) in [6.45, 7) is 2.12. The van der Waals surface area contributed by atoms with Crippen molar-refractivity contribution in [3.05, 3.63) is 29.8 Å². The molecule has 0 spiro atoms. The van der Waals surface area contributed by atoms with Gasteiger partial charge in [0.05, 0.1) is 12.9 Å². The average Bonchev–Trinajstić information content (AvgIpc) is 2.48. The van der Waals surface area contributed by atoms with Gasteiger partial charge in [0.1, 0.15) is 0 Å². The first-order chi connectivity index (χ1) is 9.69. The Bertz CT molecular complexity index is 431. The zero-order chi connectivity index (χ0) is 14.4. The van der Waals surface area contributed by atoms with E-state index in [9.17, 15) is 4.79 Å². The maximum Gasteiger partial charge on any atom is 0.315 e. The van der Waals surface area contributed by atoms with Crippen molar-refractivity contribution in [2.24, 2.45) is 0 Å². The Morgan fingerprint density at radius 3 is 2.50 bits per heavy atom. The standard InChI is InChI=1S/C16H22O2S2/c1-12-7-9-13(10-8-12)20-15-6-4-3-5-14(15)19-11-16(17)18-2/h7-10,14-15H,3-6,11H2,1-2H3/t14-,15-/m1/s1. The predicted molar refractivity (Wildman–Crippen MR) is 87.6 cm³/mol. The minimum atomic E-state index is -0.111. The Morgan fingerprint density at radius 2 is 1.85 bits per heavy atom. The first kappa shape index (κ1) is 15.8. The SMILES string of the molecule is COC(=O)CS[C@@H]1CCCC[C@H]1Sc1ccc(C)cc1. The molecule has 20 heavy (non-hydrogen) atoms. The number of aryl methyl sites for hydroxylation is 1. The lowest BCUT2D eigenvalue weighted by molar-refractivity contribution is -0.137. The number of hydrogen-bond donors (Lipinski definition) is 0. The highest BCUT2D eigenvalue weighted by molar-refractivity contribution is 8.04. The molecule has 0 heterocycles. The zero-order valence-electron chi connectivity index (χ0n) is 12.1. The van der Waals surface area contributed by atoms with Crippen LogP contribution in [-0.4, -0.2) is 29.3 Å². The van der Waals surface area contributed by atoms with Crippen LogP contribution in [0.25, 0.3) is 0 Å². The third-order valence-corrected chi connectivity index (χ3v) is 6.57. The Balaban J connectivity index is 1.92. The third kappa shape index (κ3) is 4.74. The highest BCUT2D eigenvalue weighted by Crippen LogP contribution is 2.39. The topological polar surface area (TPSA) is 26.3 Å². The van der Waals surface area contributed by atoms with E-state index in [-0.39, 0.29) is 5.97 Å². The van der Waals surface area contributed by atoms with Crippen LogP contribution in [0.15, 0.2) is 29.2 Å². The maximum atomic E-state index is 11.3. The molecular weight excluding hydrogens is 288 g/mol. The number of carbonyl (C=O) groups is 1. The molecule has 1 fully saturated rings. The van der Waals surface area contributed by atoms with Gasteiger partial charge in [-0.25, -0.2) is 0 Å². The number of rotatable bonds is 5. The molecule has 2 rings (SSSR count). The van der Waals surface area contributed by atoms with Crippen molar-refractivity contribution in [2.45, 2.75) is 48.0 Å². The normalized spacial score (nSPS) is 22.5. The molecule has 0 saturated heterocycles. The molecule has 0 unspecified atom stereocenters. The van der Waals surface area contributed by atoms with E-state index in [0.717, 1.165) is 0 Å². The van der Waals surface area contributed by atoms with Gasteiger partial charge >= 0.3 is 5.97 Å². The van der Waals surface area contributed by atoms with Crippen LogP contribution in [0, 0.1) is 6.92 Å². The van der Waals surface area contributed by atoms with Crippen molar-refractivity contribution in [3.63, 3.8) is 0 Å². The largest absolute Gasteiger partial charge is 0.468 e. The van der Waals surface area contributed by atoms with E-state index >= 15 is 0 Å². The molecule has 1 aliphatic rings. The van der Waals surface area contributed by atoms with Crippen LogP contribution in [-0.2, 0) is 9.53 Å². The Morgan fingerprint density at radius 1 is 1.20 bits per heavy atom. The highest BCUT2D eigenvalue weighted by Gasteiger charge is 2.27. The van der Waals surface area contributed by atoms with E-state index in [4.69, 9.17) is 4.74 Å². The number of ether oxygens (including phenoxy) is 1. The van der Waals surface area contributed by atoms with Crippen molar-refractivity contribution in [3.8, 4) is 0 Å². The van der Waals surface area contributed by atoms with Crippen molar-refractivity contribution < 1.29 is 9.53 Å². The molecule has 0 aliphatic heterocycles. The Labute approximate surface area is 130 Å². The van der Waals surface area contributed by atoms with Gasteiger partial charge < -0.3 is 4.74 Å². The van der Waals surface area contributed by atoms with E-state index in [1.165, 1.54) is 43.3 Å². The summed E-state index contributed by atoms with van der Waals surface area (Å²) < 4.78 is 4.74. The van der Waals surface area contributed by atoms with Crippen LogP contribution in [0.2, 0.25) is 0 Å². The Hall–Kier alpha value is -0.610. The van der Waals surface area contributed by atoms with Crippen LogP contribution in [0.5, 0.6) is 0 Å². The van der Waals surface area contributed by atoms with E-state index in [1.54, 1.807) is 11.8 Å². The van der Waals surface area contributed by atoms with Crippen LogP contribution in [0.3, 0.4) is 0 Å². The Kier molecular flexibility index (Phi) is 6.30. The zero-order valence-corrected chi connectivity index (χ0v) is 13.8. The molecule has 110 valence electrons. The van der Waals surface area contributed by atoms with Crippen LogP contribution < -0.4 is 0 Å². The molecule has 1 aromatic carbocycles. The molecule has 4 heteroatoms. The summed E-state index contributed by atoms with van der Waals surface area (Å²) in [5.41, 5.74) is 1.30. The molecule has 2 nitrogen and oxygen atoms in total. The van der Waals surface area contributed by atoms with Crippen LogP contribution in [0.4, 0.5) is 0 Å². The van der Waals surface area contributed by atoms with Crippen LogP contribution in [0.1, 0.15) is 31.2 Å². The molecule has 0 bridgehead atoms. The summed E-state index contributed by atoms with van der Waals surface area (Å²) in [6.07, 6.45) is 5.05.